The molecule has 0 saturated heterocycles. The molecule has 1 atom stereocenters. The van der Waals surface area contributed by atoms with E-state index in [9.17, 15) is 17.6 Å². The van der Waals surface area contributed by atoms with E-state index >= 15 is 0 Å². The van der Waals surface area contributed by atoms with Gasteiger partial charge >= 0.3 is 0 Å². The summed E-state index contributed by atoms with van der Waals surface area (Å²) in [6.45, 7) is -0.809. The molecule has 0 unspecified atom stereocenters. The highest BCUT2D eigenvalue weighted by atomic mass is 19.2. The van der Waals surface area contributed by atoms with Crippen LogP contribution in [0.2, 0.25) is 0 Å². The van der Waals surface area contributed by atoms with E-state index in [2.05, 4.69) is 0 Å². The van der Waals surface area contributed by atoms with E-state index in [1.54, 1.807) is 0 Å². The molecule has 0 aliphatic rings. The summed E-state index contributed by atoms with van der Waals surface area (Å²) in [5, 5.41) is 0. The highest BCUT2D eigenvalue weighted by molar-refractivity contribution is 5.24. The topological polar surface area (TPSA) is 26.0 Å². The van der Waals surface area contributed by atoms with Crippen molar-refractivity contribution in [2.24, 2.45) is 5.73 Å². The highest BCUT2D eigenvalue weighted by Crippen LogP contribution is 2.23. The van der Waals surface area contributed by atoms with Crippen LogP contribution >= 0.6 is 0 Å². The Hall–Kier alpha value is -1.10. The van der Waals surface area contributed by atoms with Gasteiger partial charge in [0.15, 0.2) is 11.6 Å². The molecule has 0 spiro atoms. The van der Waals surface area contributed by atoms with Crippen LogP contribution in [-0.2, 0) is 0 Å². The van der Waals surface area contributed by atoms with Gasteiger partial charge in [-0.2, -0.15) is 0 Å². The van der Waals surface area contributed by atoms with Crippen molar-refractivity contribution >= 4 is 0 Å². The van der Waals surface area contributed by atoms with E-state index in [-0.39, 0.29) is 6.42 Å². The van der Waals surface area contributed by atoms with Gasteiger partial charge in [0.05, 0.1) is 6.67 Å². The summed E-state index contributed by atoms with van der Waals surface area (Å²) in [5.74, 6) is -3.48. The Morgan fingerprint density at radius 2 is 1.71 bits per heavy atom. The van der Waals surface area contributed by atoms with Gasteiger partial charge in [-0.15, -0.1) is 0 Å². The highest BCUT2D eigenvalue weighted by Gasteiger charge is 2.19. The van der Waals surface area contributed by atoms with Gasteiger partial charge in [0.1, 0.15) is 5.82 Å². The molecular formula is C9H9F4N. The Morgan fingerprint density at radius 1 is 1.14 bits per heavy atom. The van der Waals surface area contributed by atoms with Crippen LogP contribution in [0.3, 0.4) is 0 Å². The van der Waals surface area contributed by atoms with Crippen molar-refractivity contribution in [1.29, 1.82) is 0 Å². The largest absolute Gasteiger partial charge is 0.324 e. The van der Waals surface area contributed by atoms with Crippen LogP contribution in [0, 0.1) is 17.5 Å². The van der Waals surface area contributed by atoms with Crippen LogP contribution in [0.4, 0.5) is 17.6 Å². The number of benzene rings is 1. The minimum absolute atomic E-state index is 0.239. The van der Waals surface area contributed by atoms with E-state index in [4.69, 9.17) is 5.73 Å². The first kappa shape index (κ1) is 11.0. The number of rotatable bonds is 3. The smallest absolute Gasteiger partial charge is 0.166 e. The third-order valence-corrected chi connectivity index (χ3v) is 1.87. The second-order valence-corrected chi connectivity index (χ2v) is 2.84. The zero-order valence-electron chi connectivity index (χ0n) is 7.24. The van der Waals surface area contributed by atoms with Gasteiger partial charge in [0, 0.05) is 11.6 Å². The van der Waals surface area contributed by atoms with E-state index < -0.39 is 35.7 Å². The van der Waals surface area contributed by atoms with Crippen LogP contribution in [0.1, 0.15) is 18.0 Å². The van der Waals surface area contributed by atoms with Gasteiger partial charge in [0.25, 0.3) is 0 Å². The van der Waals surface area contributed by atoms with Crippen LogP contribution in [0.25, 0.3) is 0 Å². The van der Waals surface area contributed by atoms with Crippen LogP contribution in [-0.4, -0.2) is 6.67 Å². The van der Waals surface area contributed by atoms with Gasteiger partial charge < -0.3 is 5.73 Å². The lowest BCUT2D eigenvalue weighted by Gasteiger charge is -2.12. The maximum Gasteiger partial charge on any atom is 0.166 e. The zero-order chi connectivity index (χ0) is 10.7. The molecule has 2 N–H and O–H groups in total. The number of hydrogen-bond donors (Lipinski definition) is 1. The SMILES string of the molecule is N[C@@H](CCF)c1c(F)ccc(F)c1F. The molecule has 0 fully saturated rings. The first-order chi connectivity index (χ1) is 6.57. The Labute approximate surface area is 78.5 Å². The fraction of sp³-hybridized carbons (Fsp3) is 0.333. The summed E-state index contributed by atoms with van der Waals surface area (Å²) in [4.78, 5) is 0. The summed E-state index contributed by atoms with van der Waals surface area (Å²) >= 11 is 0. The molecule has 1 nitrogen and oxygen atoms in total. The molecule has 78 valence electrons. The molecular weight excluding hydrogens is 198 g/mol. The summed E-state index contributed by atoms with van der Waals surface area (Å²) in [7, 11) is 0. The van der Waals surface area contributed by atoms with Crippen molar-refractivity contribution in [3.8, 4) is 0 Å². The van der Waals surface area contributed by atoms with Crippen LogP contribution in [0.15, 0.2) is 12.1 Å². The van der Waals surface area contributed by atoms with Crippen molar-refractivity contribution in [1.82, 2.24) is 0 Å². The van der Waals surface area contributed by atoms with Gasteiger partial charge in [-0.25, -0.2) is 13.2 Å². The first-order valence-corrected chi connectivity index (χ1v) is 4.03. The summed E-state index contributed by atoms with van der Waals surface area (Å²) in [6.07, 6.45) is -0.239. The lowest BCUT2D eigenvalue weighted by Crippen LogP contribution is -2.15. The van der Waals surface area contributed by atoms with Crippen molar-refractivity contribution in [3.05, 3.63) is 35.1 Å². The summed E-state index contributed by atoms with van der Waals surface area (Å²) < 4.78 is 50.6. The molecule has 1 rings (SSSR count). The Bertz CT molecular complexity index is 327. The van der Waals surface area contributed by atoms with E-state index in [1.165, 1.54) is 0 Å². The molecule has 0 saturated carbocycles. The minimum atomic E-state index is -1.34. The summed E-state index contributed by atoms with van der Waals surface area (Å²) in [6, 6.07) is 0.276. The van der Waals surface area contributed by atoms with Crippen LogP contribution < -0.4 is 5.73 Å². The van der Waals surface area contributed by atoms with Crippen molar-refractivity contribution < 1.29 is 17.6 Å². The molecule has 1 aromatic rings. The predicted molar refractivity (Wildman–Crippen MR) is 43.8 cm³/mol. The van der Waals surface area contributed by atoms with Crippen molar-refractivity contribution in [2.45, 2.75) is 12.5 Å². The van der Waals surface area contributed by atoms with Gasteiger partial charge in [-0.05, 0) is 18.6 Å². The van der Waals surface area contributed by atoms with Gasteiger partial charge in [0.2, 0.25) is 0 Å². The Kier molecular flexibility index (Phi) is 3.46. The van der Waals surface area contributed by atoms with Crippen LogP contribution in [0.5, 0.6) is 0 Å². The normalized spacial score (nSPS) is 12.9. The molecule has 0 radical (unpaired) electrons. The van der Waals surface area contributed by atoms with Crippen molar-refractivity contribution in [2.75, 3.05) is 6.67 Å². The van der Waals surface area contributed by atoms with E-state index in [0.717, 1.165) is 6.07 Å². The van der Waals surface area contributed by atoms with Gasteiger partial charge in [-0.1, -0.05) is 0 Å². The molecule has 0 bridgehead atoms. The third-order valence-electron chi connectivity index (χ3n) is 1.87. The maximum atomic E-state index is 13.0. The molecule has 0 heterocycles. The maximum absolute atomic E-state index is 13.0. The average molecular weight is 207 g/mol. The fourth-order valence-electron chi connectivity index (χ4n) is 1.14. The van der Waals surface area contributed by atoms with E-state index in [1.807, 2.05) is 0 Å². The third kappa shape index (κ3) is 2.04. The second kappa shape index (κ2) is 4.41. The lowest BCUT2D eigenvalue weighted by atomic mass is 10.0. The fourth-order valence-corrected chi connectivity index (χ4v) is 1.14. The number of halogens is 4. The number of hydrogen-bond acceptors (Lipinski definition) is 1. The second-order valence-electron chi connectivity index (χ2n) is 2.84. The minimum Gasteiger partial charge on any atom is -0.324 e. The molecule has 5 heteroatoms. The first-order valence-electron chi connectivity index (χ1n) is 4.03. The molecule has 1 aromatic carbocycles. The Morgan fingerprint density at radius 3 is 2.29 bits per heavy atom. The van der Waals surface area contributed by atoms with E-state index in [0.29, 0.717) is 6.07 Å². The zero-order valence-corrected chi connectivity index (χ0v) is 7.24. The predicted octanol–water partition coefficient (Wildman–Crippen LogP) is 2.46. The standard InChI is InChI=1S/C9H9F4N/c10-4-3-7(14)8-5(11)1-2-6(12)9(8)13/h1-2,7H,3-4,14H2/t7-/m0/s1. The average Bonchev–Trinajstić information content (AvgIpc) is 2.13. The quantitative estimate of drug-likeness (QED) is 0.598. The molecule has 0 amide bonds. The Balaban J connectivity index is 3.11. The summed E-state index contributed by atoms with van der Waals surface area (Å²) in [5.41, 5.74) is 4.69. The molecule has 0 aromatic heterocycles. The monoisotopic (exact) mass is 207 g/mol. The lowest BCUT2D eigenvalue weighted by molar-refractivity contribution is 0.414. The van der Waals surface area contributed by atoms with Crippen molar-refractivity contribution in [3.63, 3.8) is 0 Å². The number of nitrogens with two attached hydrogens (primary N) is 1. The molecule has 0 aliphatic heterocycles. The number of alkyl halides is 1. The molecule has 0 aliphatic carbocycles. The molecule has 14 heavy (non-hydrogen) atoms. The van der Waals surface area contributed by atoms with Gasteiger partial charge in [-0.3, -0.25) is 4.39 Å².